The highest BCUT2D eigenvalue weighted by atomic mass is 79.9. The smallest absolute Gasteiger partial charge is 0.0588 e. The summed E-state index contributed by atoms with van der Waals surface area (Å²) in [5, 5.41) is 2.23. The molecule has 4 heteroatoms. The van der Waals surface area contributed by atoms with E-state index in [1.807, 2.05) is 36.7 Å². The molecule has 0 bridgehead atoms. The van der Waals surface area contributed by atoms with Crippen molar-refractivity contribution in [3.8, 4) is 0 Å². The number of hydrogen-bond donors (Lipinski definition) is 1. The molecule has 1 unspecified atom stereocenters. The molecule has 3 nitrogen and oxygen atoms in total. The van der Waals surface area contributed by atoms with E-state index in [0.717, 1.165) is 26.4 Å². The summed E-state index contributed by atoms with van der Waals surface area (Å²) in [6.07, 6.45) is 7.22. The molecule has 0 aliphatic carbocycles. The standard InChI is InChI=1S/C15H12BrN3/c16-12-5-11(7-18-8-12)15(17)14-9-19-6-10-3-1-2-4-13(10)14/h1-9,15H,17H2. The first kappa shape index (κ1) is 12.3. The number of benzene rings is 1. The minimum absolute atomic E-state index is 0.233. The largest absolute Gasteiger partial charge is 0.320 e. The molecule has 3 rings (SSSR count). The summed E-state index contributed by atoms with van der Waals surface area (Å²) in [6.45, 7) is 0. The predicted octanol–water partition coefficient (Wildman–Crippen LogP) is 3.44. The lowest BCUT2D eigenvalue weighted by Crippen LogP contribution is -2.13. The van der Waals surface area contributed by atoms with Gasteiger partial charge in [-0.1, -0.05) is 24.3 Å². The summed E-state index contributed by atoms with van der Waals surface area (Å²) in [5.74, 6) is 0. The first-order valence-corrected chi connectivity index (χ1v) is 6.73. The van der Waals surface area contributed by atoms with Gasteiger partial charge in [-0.05, 0) is 38.5 Å². The number of rotatable bonds is 2. The molecule has 0 aliphatic heterocycles. The van der Waals surface area contributed by atoms with Gasteiger partial charge in [-0.25, -0.2) is 0 Å². The predicted molar refractivity (Wildman–Crippen MR) is 79.7 cm³/mol. The lowest BCUT2D eigenvalue weighted by atomic mass is 9.98. The third-order valence-corrected chi connectivity index (χ3v) is 3.55. The van der Waals surface area contributed by atoms with Crippen LogP contribution in [0, 0.1) is 0 Å². The quantitative estimate of drug-likeness (QED) is 0.788. The Morgan fingerprint density at radius 3 is 2.63 bits per heavy atom. The van der Waals surface area contributed by atoms with Crippen LogP contribution in [0.15, 0.2) is 59.6 Å². The Morgan fingerprint density at radius 2 is 1.79 bits per heavy atom. The molecule has 0 fully saturated rings. The van der Waals surface area contributed by atoms with Crippen molar-refractivity contribution in [1.82, 2.24) is 9.97 Å². The van der Waals surface area contributed by atoms with E-state index >= 15 is 0 Å². The molecule has 0 radical (unpaired) electrons. The van der Waals surface area contributed by atoms with Crippen LogP contribution in [-0.2, 0) is 0 Å². The number of nitrogens with zero attached hydrogens (tertiary/aromatic N) is 2. The van der Waals surface area contributed by atoms with E-state index in [1.165, 1.54) is 0 Å². The molecule has 0 aliphatic rings. The molecule has 19 heavy (non-hydrogen) atoms. The van der Waals surface area contributed by atoms with E-state index in [4.69, 9.17) is 5.73 Å². The van der Waals surface area contributed by atoms with Gasteiger partial charge < -0.3 is 5.73 Å². The second kappa shape index (κ2) is 5.07. The topological polar surface area (TPSA) is 51.8 Å². The van der Waals surface area contributed by atoms with Crippen LogP contribution >= 0.6 is 15.9 Å². The minimum atomic E-state index is -0.233. The average Bonchev–Trinajstić information content (AvgIpc) is 2.46. The van der Waals surface area contributed by atoms with Crippen molar-refractivity contribution < 1.29 is 0 Å². The third-order valence-electron chi connectivity index (χ3n) is 3.12. The van der Waals surface area contributed by atoms with E-state index < -0.39 is 0 Å². The Morgan fingerprint density at radius 1 is 1.00 bits per heavy atom. The van der Waals surface area contributed by atoms with Crippen molar-refractivity contribution in [3.05, 3.63) is 70.7 Å². The molecule has 0 saturated carbocycles. The Hall–Kier alpha value is -1.78. The molecular weight excluding hydrogens is 302 g/mol. The van der Waals surface area contributed by atoms with Gasteiger partial charge in [0, 0.05) is 34.6 Å². The Bertz CT molecular complexity index is 722. The Balaban J connectivity index is 2.14. The van der Waals surface area contributed by atoms with Crippen LogP contribution in [0.25, 0.3) is 10.8 Å². The molecule has 3 aromatic rings. The molecule has 2 N–H and O–H groups in total. The summed E-state index contributed by atoms with van der Waals surface area (Å²) in [4.78, 5) is 8.43. The highest BCUT2D eigenvalue weighted by Gasteiger charge is 2.13. The third kappa shape index (κ3) is 2.37. The monoisotopic (exact) mass is 313 g/mol. The molecule has 94 valence electrons. The van der Waals surface area contributed by atoms with Gasteiger partial charge >= 0.3 is 0 Å². The van der Waals surface area contributed by atoms with Crippen LogP contribution in [-0.4, -0.2) is 9.97 Å². The van der Waals surface area contributed by atoms with Crippen LogP contribution in [0.4, 0.5) is 0 Å². The summed E-state index contributed by atoms with van der Waals surface area (Å²) >= 11 is 3.42. The van der Waals surface area contributed by atoms with Gasteiger partial charge in [0.05, 0.1) is 6.04 Å². The van der Waals surface area contributed by atoms with Gasteiger partial charge in [0.1, 0.15) is 0 Å². The fourth-order valence-corrected chi connectivity index (χ4v) is 2.55. The molecule has 2 heterocycles. The molecule has 1 atom stereocenters. The molecular formula is C15H12BrN3. The van der Waals surface area contributed by atoms with Gasteiger partial charge in [-0.15, -0.1) is 0 Å². The summed E-state index contributed by atoms with van der Waals surface area (Å²) in [7, 11) is 0. The fraction of sp³-hybridized carbons (Fsp3) is 0.0667. The second-order valence-corrected chi connectivity index (χ2v) is 5.28. The van der Waals surface area contributed by atoms with E-state index in [0.29, 0.717) is 0 Å². The van der Waals surface area contributed by atoms with Crippen LogP contribution in [0.3, 0.4) is 0 Å². The van der Waals surface area contributed by atoms with Crippen molar-refractivity contribution >= 4 is 26.7 Å². The Kier molecular flexibility index (Phi) is 3.27. The maximum atomic E-state index is 6.35. The molecule has 0 saturated heterocycles. The van der Waals surface area contributed by atoms with Crippen LogP contribution in [0.5, 0.6) is 0 Å². The van der Waals surface area contributed by atoms with Crippen molar-refractivity contribution in [1.29, 1.82) is 0 Å². The van der Waals surface area contributed by atoms with Crippen LogP contribution in [0.1, 0.15) is 17.2 Å². The normalized spacial score (nSPS) is 12.5. The van der Waals surface area contributed by atoms with E-state index in [-0.39, 0.29) is 6.04 Å². The summed E-state index contributed by atoms with van der Waals surface area (Å²) < 4.78 is 0.925. The first-order valence-electron chi connectivity index (χ1n) is 5.94. The highest BCUT2D eigenvalue weighted by Crippen LogP contribution is 2.27. The van der Waals surface area contributed by atoms with Gasteiger partial charge in [-0.3, -0.25) is 9.97 Å². The van der Waals surface area contributed by atoms with Crippen molar-refractivity contribution in [2.24, 2.45) is 5.73 Å². The zero-order valence-electron chi connectivity index (χ0n) is 10.1. The fourth-order valence-electron chi connectivity index (χ4n) is 2.17. The van der Waals surface area contributed by atoms with Gasteiger partial charge in [-0.2, -0.15) is 0 Å². The number of hydrogen-bond acceptors (Lipinski definition) is 3. The van der Waals surface area contributed by atoms with Crippen molar-refractivity contribution in [2.75, 3.05) is 0 Å². The van der Waals surface area contributed by atoms with Crippen LogP contribution in [0.2, 0.25) is 0 Å². The van der Waals surface area contributed by atoms with E-state index in [9.17, 15) is 0 Å². The highest BCUT2D eigenvalue weighted by molar-refractivity contribution is 9.10. The number of aromatic nitrogens is 2. The lowest BCUT2D eigenvalue weighted by molar-refractivity contribution is 0.864. The Labute approximate surface area is 119 Å². The maximum Gasteiger partial charge on any atom is 0.0588 e. The van der Waals surface area contributed by atoms with Gasteiger partial charge in [0.15, 0.2) is 0 Å². The van der Waals surface area contributed by atoms with E-state index in [2.05, 4.69) is 32.0 Å². The average molecular weight is 314 g/mol. The number of nitrogens with two attached hydrogens (primary N) is 1. The zero-order valence-corrected chi connectivity index (χ0v) is 11.7. The number of halogens is 1. The molecule has 1 aromatic carbocycles. The van der Waals surface area contributed by atoms with Gasteiger partial charge in [0.2, 0.25) is 0 Å². The van der Waals surface area contributed by atoms with Crippen molar-refractivity contribution in [3.63, 3.8) is 0 Å². The number of pyridine rings is 2. The lowest BCUT2D eigenvalue weighted by Gasteiger charge is -2.14. The minimum Gasteiger partial charge on any atom is -0.320 e. The van der Waals surface area contributed by atoms with E-state index in [1.54, 1.807) is 12.4 Å². The number of fused-ring (bicyclic) bond motifs is 1. The first-order chi connectivity index (χ1) is 9.25. The maximum absolute atomic E-state index is 6.35. The summed E-state index contributed by atoms with van der Waals surface area (Å²) in [6, 6.07) is 9.87. The zero-order chi connectivity index (χ0) is 13.2. The van der Waals surface area contributed by atoms with Crippen LogP contribution < -0.4 is 5.73 Å². The molecule has 0 spiro atoms. The SMILES string of the molecule is NC(c1cncc(Br)c1)c1cncc2ccccc12. The van der Waals surface area contributed by atoms with Crippen molar-refractivity contribution in [2.45, 2.75) is 6.04 Å². The molecule has 2 aromatic heterocycles. The second-order valence-electron chi connectivity index (χ2n) is 4.36. The van der Waals surface area contributed by atoms with Gasteiger partial charge in [0.25, 0.3) is 0 Å². The molecule has 0 amide bonds. The summed E-state index contributed by atoms with van der Waals surface area (Å²) in [5.41, 5.74) is 8.33.